The summed E-state index contributed by atoms with van der Waals surface area (Å²) in [6.45, 7) is 2.62. The molecule has 1 heterocycles. The second-order valence-electron chi connectivity index (χ2n) is 4.73. The molecular formula is C13H21N5. The first-order valence-corrected chi connectivity index (χ1v) is 6.58. The molecule has 0 bridgehead atoms. The molecule has 0 aliphatic heterocycles. The molecule has 0 spiro atoms. The predicted octanol–water partition coefficient (Wildman–Crippen LogP) is 1.17. The van der Waals surface area contributed by atoms with Gasteiger partial charge in [0.05, 0.1) is 11.4 Å². The van der Waals surface area contributed by atoms with Gasteiger partial charge in [0.1, 0.15) is 0 Å². The third-order valence-corrected chi connectivity index (χ3v) is 3.32. The highest BCUT2D eigenvalue weighted by atomic mass is 15.1. The molecule has 1 fully saturated rings. The molecule has 0 atom stereocenters. The molecule has 5 heteroatoms. The van der Waals surface area contributed by atoms with E-state index in [4.69, 9.17) is 5.73 Å². The van der Waals surface area contributed by atoms with E-state index in [2.05, 4.69) is 20.3 Å². The number of nitrogens with one attached hydrogen (secondary N) is 1. The van der Waals surface area contributed by atoms with Crippen molar-refractivity contribution in [2.75, 3.05) is 6.54 Å². The van der Waals surface area contributed by atoms with Crippen LogP contribution < -0.4 is 11.1 Å². The van der Waals surface area contributed by atoms with Gasteiger partial charge in [-0.05, 0) is 19.8 Å². The first kappa shape index (κ1) is 12.8. The third kappa shape index (κ3) is 3.68. The standard InChI is InChI=1S/C13H21N5/c1-10-12(16-9-8-15-10)6-7-17-13(14)18-11-4-2-3-5-11/h8-9,11H,2-7H2,1H3,(H3,14,17,18). The minimum atomic E-state index is 0.520. The van der Waals surface area contributed by atoms with Crippen LogP contribution >= 0.6 is 0 Å². The maximum atomic E-state index is 5.86. The second-order valence-corrected chi connectivity index (χ2v) is 4.73. The average molecular weight is 247 g/mol. The molecule has 0 aromatic carbocycles. The van der Waals surface area contributed by atoms with E-state index in [0.29, 0.717) is 18.5 Å². The average Bonchev–Trinajstić information content (AvgIpc) is 2.84. The number of hydrogen-bond acceptors (Lipinski definition) is 3. The summed E-state index contributed by atoms with van der Waals surface area (Å²) < 4.78 is 0. The van der Waals surface area contributed by atoms with Gasteiger partial charge in [0, 0.05) is 31.4 Å². The number of hydrogen-bond donors (Lipinski definition) is 2. The van der Waals surface area contributed by atoms with Gasteiger partial charge in [-0.15, -0.1) is 0 Å². The van der Waals surface area contributed by atoms with Gasteiger partial charge in [-0.1, -0.05) is 12.8 Å². The van der Waals surface area contributed by atoms with Gasteiger partial charge in [-0.2, -0.15) is 0 Å². The van der Waals surface area contributed by atoms with Crippen LogP contribution in [-0.2, 0) is 6.42 Å². The van der Waals surface area contributed by atoms with Crippen molar-refractivity contribution in [2.45, 2.75) is 45.1 Å². The smallest absolute Gasteiger partial charge is 0.188 e. The summed E-state index contributed by atoms with van der Waals surface area (Å²) in [4.78, 5) is 12.8. The largest absolute Gasteiger partial charge is 0.370 e. The maximum Gasteiger partial charge on any atom is 0.188 e. The molecule has 0 radical (unpaired) electrons. The van der Waals surface area contributed by atoms with Crippen molar-refractivity contribution in [3.63, 3.8) is 0 Å². The lowest BCUT2D eigenvalue weighted by Crippen LogP contribution is -2.38. The summed E-state index contributed by atoms with van der Waals surface area (Å²) in [7, 11) is 0. The minimum Gasteiger partial charge on any atom is -0.370 e. The van der Waals surface area contributed by atoms with Crippen LogP contribution in [0.2, 0.25) is 0 Å². The van der Waals surface area contributed by atoms with Gasteiger partial charge in [0.15, 0.2) is 5.96 Å². The monoisotopic (exact) mass is 247 g/mol. The van der Waals surface area contributed by atoms with Gasteiger partial charge >= 0.3 is 0 Å². The summed E-state index contributed by atoms with van der Waals surface area (Å²) in [5.74, 6) is 0.559. The molecular weight excluding hydrogens is 226 g/mol. The van der Waals surface area contributed by atoms with Gasteiger partial charge in [0.25, 0.3) is 0 Å². The number of nitrogens with two attached hydrogens (primary N) is 1. The summed E-state index contributed by atoms with van der Waals surface area (Å²) >= 11 is 0. The Morgan fingerprint density at radius 1 is 1.39 bits per heavy atom. The fraction of sp³-hybridized carbons (Fsp3) is 0.615. The lowest BCUT2D eigenvalue weighted by Gasteiger charge is -2.12. The van der Waals surface area contributed by atoms with E-state index in [1.807, 2.05) is 6.92 Å². The van der Waals surface area contributed by atoms with Gasteiger partial charge in [0.2, 0.25) is 0 Å². The van der Waals surface area contributed by atoms with Crippen molar-refractivity contribution < 1.29 is 0 Å². The zero-order valence-corrected chi connectivity index (χ0v) is 10.9. The van der Waals surface area contributed by atoms with Crippen LogP contribution in [0.25, 0.3) is 0 Å². The zero-order chi connectivity index (χ0) is 12.8. The lowest BCUT2D eigenvalue weighted by atomic mass is 10.2. The summed E-state index contributed by atoms with van der Waals surface area (Å²) in [5, 5.41) is 3.27. The van der Waals surface area contributed by atoms with Crippen LogP contribution in [0.4, 0.5) is 0 Å². The van der Waals surface area contributed by atoms with Crippen LogP contribution in [-0.4, -0.2) is 28.5 Å². The Kier molecular flexibility index (Phi) is 4.50. The summed E-state index contributed by atoms with van der Waals surface area (Å²) in [6, 6.07) is 0.520. The van der Waals surface area contributed by atoms with Crippen molar-refractivity contribution in [1.29, 1.82) is 0 Å². The molecule has 1 aromatic rings. The van der Waals surface area contributed by atoms with Gasteiger partial charge < -0.3 is 11.1 Å². The molecule has 3 N–H and O–H groups in total. The molecule has 0 unspecified atom stereocenters. The van der Waals surface area contributed by atoms with E-state index in [1.54, 1.807) is 12.4 Å². The van der Waals surface area contributed by atoms with Crippen LogP contribution in [0.15, 0.2) is 17.4 Å². The Morgan fingerprint density at radius 2 is 2.11 bits per heavy atom. The molecule has 98 valence electrons. The Morgan fingerprint density at radius 3 is 2.83 bits per heavy atom. The third-order valence-electron chi connectivity index (χ3n) is 3.32. The van der Waals surface area contributed by atoms with E-state index in [9.17, 15) is 0 Å². The van der Waals surface area contributed by atoms with E-state index >= 15 is 0 Å². The first-order valence-electron chi connectivity index (χ1n) is 6.58. The molecule has 18 heavy (non-hydrogen) atoms. The normalized spacial score (nSPS) is 17.1. The molecule has 5 nitrogen and oxygen atoms in total. The highest BCUT2D eigenvalue weighted by Crippen LogP contribution is 2.17. The van der Waals surface area contributed by atoms with E-state index in [-0.39, 0.29) is 0 Å². The van der Waals surface area contributed by atoms with Crippen LogP contribution in [0.5, 0.6) is 0 Å². The van der Waals surface area contributed by atoms with E-state index < -0.39 is 0 Å². The Labute approximate surface area is 108 Å². The highest BCUT2D eigenvalue weighted by molar-refractivity contribution is 5.78. The van der Waals surface area contributed by atoms with Crippen molar-refractivity contribution in [2.24, 2.45) is 10.7 Å². The fourth-order valence-electron chi connectivity index (χ4n) is 2.29. The number of guanidine groups is 1. The van der Waals surface area contributed by atoms with Gasteiger partial charge in [-0.3, -0.25) is 15.0 Å². The Hall–Kier alpha value is -1.65. The first-order chi connectivity index (χ1) is 8.75. The van der Waals surface area contributed by atoms with Crippen molar-refractivity contribution in [1.82, 2.24) is 15.3 Å². The molecule has 0 saturated heterocycles. The molecule has 1 saturated carbocycles. The topological polar surface area (TPSA) is 76.2 Å². The highest BCUT2D eigenvalue weighted by Gasteiger charge is 2.14. The van der Waals surface area contributed by atoms with Crippen LogP contribution in [0, 0.1) is 6.92 Å². The summed E-state index contributed by atoms with van der Waals surface area (Å²) in [6.07, 6.45) is 9.21. The van der Waals surface area contributed by atoms with Crippen molar-refractivity contribution in [3.05, 3.63) is 23.8 Å². The number of nitrogens with zero attached hydrogens (tertiary/aromatic N) is 3. The fourth-order valence-corrected chi connectivity index (χ4v) is 2.29. The Balaban J connectivity index is 1.78. The predicted molar refractivity (Wildman–Crippen MR) is 72.4 cm³/mol. The Bertz CT molecular complexity index is 410. The number of aliphatic imine (C=N–C) groups is 1. The van der Waals surface area contributed by atoms with Crippen molar-refractivity contribution >= 4 is 5.96 Å². The number of aryl methyl sites for hydroxylation is 1. The second kappa shape index (κ2) is 6.33. The maximum absolute atomic E-state index is 5.86. The van der Waals surface area contributed by atoms with Crippen LogP contribution in [0.3, 0.4) is 0 Å². The summed E-state index contributed by atoms with van der Waals surface area (Å²) in [5.41, 5.74) is 7.82. The lowest BCUT2D eigenvalue weighted by molar-refractivity contribution is 0.625. The quantitative estimate of drug-likeness (QED) is 0.618. The zero-order valence-electron chi connectivity index (χ0n) is 10.9. The molecule has 2 rings (SSSR count). The SMILES string of the molecule is Cc1nccnc1CCN=C(N)NC1CCCC1. The molecule has 1 aromatic heterocycles. The molecule has 1 aliphatic carbocycles. The van der Waals surface area contributed by atoms with E-state index in [0.717, 1.165) is 17.8 Å². The van der Waals surface area contributed by atoms with Crippen molar-refractivity contribution in [3.8, 4) is 0 Å². The van der Waals surface area contributed by atoms with E-state index in [1.165, 1.54) is 25.7 Å². The minimum absolute atomic E-state index is 0.520. The number of rotatable bonds is 4. The molecule has 0 amide bonds. The van der Waals surface area contributed by atoms with Crippen LogP contribution in [0.1, 0.15) is 37.1 Å². The van der Waals surface area contributed by atoms with Gasteiger partial charge in [-0.25, -0.2) is 0 Å². The molecule has 1 aliphatic rings. The number of aromatic nitrogens is 2.